The third kappa shape index (κ3) is 3.99. The number of H-pyrrole nitrogens is 1. The lowest BCUT2D eigenvalue weighted by atomic mass is 10.0. The van der Waals surface area contributed by atoms with E-state index in [4.69, 9.17) is 11.6 Å². The Hall–Kier alpha value is -2.66. The van der Waals surface area contributed by atoms with Gasteiger partial charge in [0.15, 0.2) is 0 Å². The fourth-order valence-electron chi connectivity index (χ4n) is 4.12. The molecule has 1 aliphatic heterocycles. The number of likely N-dealkylation sites (N-methyl/N-ethyl adjacent to an activating group) is 1. The molecule has 5 rings (SSSR count). The molecule has 0 aliphatic carbocycles. The summed E-state index contributed by atoms with van der Waals surface area (Å²) in [7, 11) is 2.19. The molecule has 0 amide bonds. The van der Waals surface area contributed by atoms with Crippen LogP contribution in [0, 0.1) is 0 Å². The number of hydrogen-bond acceptors (Lipinski definition) is 3. The van der Waals surface area contributed by atoms with Crippen molar-refractivity contribution in [2.75, 3.05) is 33.2 Å². The summed E-state index contributed by atoms with van der Waals surface area (Å²) in [5, 5.41) is 1.85. The topological polar surface area (TPSA) is 35.2 Å². The maximum absolute atomic E-state index is 6.20. The van der Waals surface area contributed by atoms with Gasteiger partial charge in [-0.1, -0.05) is 48.0 Å². The van der Waals surface area contributed by atoms with E-state index in [1.807, 2.05) is 30.6 Å². The Balaban J connectivity index is 1.40. The molecule has 3 heterocycles. The van der Waals surface area contributed by atoms with Crippen molar-refractivity contribution in [3.8, 4) is 22.3 Å². The van der Waals surface area contributed by atoms with Crippen molar-refractivity contribution in [2.45, 2.75) is 6.54 Å². The minimum atomic E-state index is 0.738. The number of nitrogens with zero attached hydrogens (tertiary/aromatic N) is 3. The Morgan fingerprint density at radius 1 is 0.933 bits per heavy atom. The first-order valence-corrected chi connectivity index (χ1v) is 10.8. The summed E-state index contributed by atoms with van der Waals surface area (Å²) in [5.74, 6) is 0. The minimum absolute atomic E-state index is 0.738. The molecule has 0 atom stereocenters. The standard InChI is InChI=1S/C25H25ClN4/c1-29-9-11-30(12-10-29)17-18-5-7-19(8-6-18)21-14-23-24(16-28-25(23)27-15-21)20-3-2-4-22(26)13-20/h2-8,13-16H,9-12,17H2,1H3,(H,27,28). The number of aromatic amines is 1. The van der Waals surface area contributed by atoms with Crippen molar-refractivity contribution in [2.24, 2.45) is 0 Å². The lowest BCUT2D eigenvalue weighted by molar-refractivity contribution is 0.148. The minimum Gasteiger partial charge on any atom is -0.346 e. The zero-order chi connectivity index (χ0) is 20.5. The third-order valence-electron chi connectivity index (χ3n) is 5.96. The fraction of sp³-hybridized carbons (Fsp3) is 0.240. The summed E-state index contributed by atoms with van der Waals surface area (Å²) in [6, 6.07) is 19.1. The van der Waals surface area contributed by atoms with E-state index in [2.05, 4.69) is 63.2 Å². The van der Waals surface area contributed by atoms with Crippen molar-refractivity contribution in [3.63, 3.8) is 0 Å². The molecule has 30 heavy (non-hydrogen) atoms. The lowest BCUT2D eigenvalue weighted by Gasteiger charge is -2.32. The first-order chi connectivity index (χ1) is 14.7. The average molecular weight is 417 g/mol. The van der Waals surface area contributed by atoms with E-state index in [1.165, 1.54) is 11.1 Å². The smallest absolute Gasteiger partial charge is 0.137 e. The third-order valence-corrected chi connectivity index (χ3v) is 6.19. The highest BCUT2D eigenvalue weighted by Gasteiger charge is 2.14. The Labute approximate surface area is 182 Å². The second-order valence-corrected chi connectivity index (χ2v) is 8.55. The molecule has 1 aliphatic rings. The van der Waals surface area contributed by atoms with Crippen LogP contribution in [0.15, 0.2) is 67.0 Å². The number of nitrogens with one attached hydrogen (secondary N) is 1. The highest BCUT2D eigenvalue weighted by Crippen LogP contribution is 2.32. The fourth-order valence-corrected chi connectivity index (χ4v) is 4.31. The van der Waals surface area contributed by atoms with Crippen molar-refractivity contribution < 1.29 is 0 Å². The van der Waals surface area contributed by atoms with Gasteiger partial charge in [0, 0.05) is 66.7 Å². The second-order valence-electron chi connectivity index (χ2n) is 8.11. The van der Waals surface area contributed by atoms with Crippen LogP contribution in [-0.2, 0) is 6.54 Å². The van der Waals surface area contributed by atoms with Gasteiger partial charge in [0.05, 0.1) is 0 Å². The second kappa shape index (κ2) is 8.23. The first kappa shape index (κ1) is 19.3. The molecule has 0 spiro atoms. The SMILES string of the molecule is CN1CCN(Cc2ccc(-c3cnc4[nH]cc(-c5cccc(Cl)c5)c4c3)cc2)CC1. The largest absolute Gasteiger partial charge is 0.346 e. The Morgan fingerprint density at radius 2 is 1.73 bits per heavy atom. The maximum Gasteiger partial charge on any atom is 0.137 e. The molecule has 0 radical (unpaired) electrons. The van der Waals surface area contributed by atoms with E-state index in [0.717, 1.165) is 65.5 Å². The van der Waals surface area contributed by atoms with Gasteiger partial charge in [-0.2, -0.15) is 0 Å². The van der Waals surface area contributed by atoms with Crippen LogP contribution >= 0.6 is 11.6 Å². The van der Waals surface area contributed by atoms with E-state index in [-0.39, 0.29) is 0 Å². The summed E-state index contributed by atoms with van der Waals surface area (Å²) in [6.07, 6.45) is 3.95. The van der Waals surface area contributed by atoms with Crippen molar-refractivity contribution in [3.05, 3.63) is 77.6 Å². The van der Waals surface area contributed by atoms with Gasteiger partial charge in [-0.3, -0.25) is 4.90 Å². The number of piperazine rings is 1. The van der Waals surface area contributed by atoms with Crippen LogP contribution in [-0.4, -0.2) is 53.0 Å². The van der Waals surface area contributed by atoms with E-state index in [0.29, 0.717) is 0 Å². The van der Waals surface area contributed by atoms with Crippen molar-refractivity contribution >= 4 is 22.6 Å². The Kier molecular flexibility index (Phi) is 5.30. The molecule has 152 valence electrons. The Morgan fingerprint density at radius 3 is 2.50 bits per heavy atom. The number of halogens is 1. The molecule has 5 heteroatoms. The Bertz CT molecular complexity index is 1160. The van der Waals surface area contributed by atoms with E-state index in [9.17, 15) is 0 Å². The highest BCUT2D eigenvalue weighted by atomic mass is 35.5. The van der Waals surface area contributed by atoms with Crippen LogP contribution < -0.4 is 0 Å². The maximum atomic E-state index is 6.20. The van der Waals surface area contributed by atoms with Crippen LogP contribution in [0.25, 0.3) is 33.3 Å². The molecule has 2 aromatic heterocycles. The molecule has 4 nitrogen and oxygen atoms in total. The quantitative estimate of drug-likeness (QED) is 0.490. The van der Waals surface area contributed by atoms with Crippen LogP contribution in [0.3, 0.4) is 0 Å². The molecule has 1 fully saturated rings. The van der Waals surface area contributed by atoms with Crippen LogP contribution in [0.4, 0.5) is 0 Å². The molecule has 0 unspecified atom stereocenters. The van der Waals surface area contributed by atoms with Crippen molar-refractivity contribution in [1.29, 1.82) is 0 Å². The van der Waals surface area contributed by atoms with E-state index < -0.39 is 0 Å². The number of fused-ring (bicyclic) bond motifs is 1. The number of rotatable bonds is 4. The van der Waals surface area contributed by atoms with Gasteiger partial charge in [0.1, 0.15) is 5.65 Å². The molecule has 1 N–H and O–H groups in total. The molecule has 0 bridgehead atoms. The molecule has 1 saturated heterocycles. The highest BCUT2D eigenvalue weighted by molar-refractivity contribution is 6.30. The lowest BCUT2D eigenvalue weighted by Crippen LogP contribution is -2.43. The number of aromatic nitrogens is 2. The normalized spacial score (nSPS) is 15.7. The van der Waals surface area contributed by atoms with Gasteiger partial charge in [0.2, 0.25) is 0 Å². The van der Waals surface area contributed by atoms with E-state index in [1.54, 1.807) is 0 Å². The first-order valence-electron chi connectivity index (χ1n) is 10.4. The van der Waals surface area contributed by atoms with Gasteiger partial charge in [-0.15, -0.1) is 0 Å². The van der Waals surface area contributed by atoms with Gasteiger partial charge in [-0.25, -0.2) is 4.98 Å². The molecular formula is C25H25ClN4. The van der Waals surface area contributed by atoms with Crippen LogP contribution in [0.1, 0.15) is 5.56 Å². The van der Waals surface area contributed by atoms with Crippen LogP contribution in [0.5, 0.6) is 0 Å². The molecule has 4 aromatic rings. The van der Waals surface area contributed by atoms with Gasteiger partial charge in [0.25, 0.3) is 0 Å². The summed E-state index contributed by atoms with van der Waals surface area (Å²) in [6.45, 7) is 5.59. The monoisotopic (exact) mass is 416 g/mol. The van der Waals surface area contributed by atoms with Gasteiger partial charge >= 0.3 is 0 Å². The number of benzene rings is 2. The predicted octanol–water partition coefficient (Wildman–Crippen LogP) is 5.30. The number of pyridine rings is 1. The number of hydrogen-bond donors (Lipinski definition) is 1. The molecule has 2 aromatic carbocycles. The van der Waals surface area contributed by atoms with Gasteiger partial charge in [-0.05, 0) is 41.9 Å². The molecular weight excluding hydrogens is 392 g/mol. The summed E-state index contributed by atoms with van der Waals surface area (Å²) >= 11 is 6.20. The van der Waals surface area contributed by atoms with Crippen molar-refractivity contribution in [1.82, 2.24) is 19.8 Å². The average Bonchev–Trinajstić information content (AvgIpc) is 3.19. The summed E-state index contributed by atoms with van der Waals surface area (Å²) in [4.78, 5) is 12.8. The predicted molar refractivity (Wildman–Crippen MR) is 125 cm³/mol. The van der Waals surface area contributed by atoms with Gasteiger partial charge < -0.3 is 9.88 Å². The zero-order valence-corrected chi connectivity index (χ0v) is 17.9. The molecule has 0 saturated carbocycles. The summed E-state index contributed by atoms with van der Waals surface area (Å²) < 4.78 is 0. The van der Waals surface area contributed by atoms with E-state index >= 15 is 0 Å². The zero-order valence-electron chi connectivity index (χ0n) is 17.1. The summed E-state index contributed by atoms with van der Waals surface area (Å²) in [5.41, 5.74) is 6.77. The van der Waals surface area contributed by atoms with Crippen LogP contribution in [0.2, 0.25) is 5.02 Å².